The molecule has 2 saturated heterocycles. The van der Waals surface area contributed by atoms with Gasteiger partial charge in [-0.05, 0) is 31.4 Å². The highest BCUT2D eigenvalue weighted by molar-refractivity contribution is 8.26. The number of thioether (sulfide) groups is 1. The van der Waals surface area contributed by atoms with Gasteiger partial charge in [-0.25, -0.2) is 0 Å². The Labute approximate surface area is 152 Å². The Morgan fingerprint density at radius 3 is 3.04 bits per heavy atom. The van der Waals surface area contributed by atoms with E-state index in [4.69, 9.17) is 21.7 Å². The van der Waals surface area contributed by atoms with Crippen LogP contribution >= 0.6 is 24.0 Å². The largest absolute Gasteiger partial charge is 0.493 e. The molecule has 24 heavy (non-hydrogen) atoms. The molecule has 0 aromatic heterocycles. The SMILES string of the molecule is CCCOc1ccccc1/C=C1\SC(=S)N(CC2CCCO2)C1=O. The van der Waals surface area contributed by atoms with E-state index < -0.39 is 0 Å². The van der Waals surface area contributed by atoms with Gasteiger partial charge in [0.2, 0.25) is 0 Å². The maximum Gasteiger partial charge on any atom is 0.266 e. The molecule has 4 nitrogen and oxygen atoms in total. The van der Waals surface area contributed by atoms with E-state index in [1.165, 1.54) is 11.8 Å². The molecule has 1 aromatic rings. The summed E-state index contributed by atoms with van der Waals surface area (Å²) in [6, 6.07) is 7.76. The molecule has 2 aliphatic rings. The van der Waals surface area contributed by atoms with Crippen molar-refractivity contribution in [2.45, 2.75) is 32.3 Å². The lowest BCUT2D eigenvalue weighted by atomic mass is 10.2. The van der Waals surface area contributed by atoms with Gasteiger partial charge in [-0.2, -0.15) is 0 Å². The quantitative estimate of drug-likeness (QED) is 0.567. The molecule has 1 unspecified atom stereocenters. The minimum Gasteiger partial charge on any atom is -0.493 e. The van der Waals surface area contributed by atoms with Crippen molar-refractivity contribution in [3.8, 4) is 5.75 Å². The monoisotopic (exact) mass is 363 g/mol. The normalized spacial score (nSPS) is 22.6. The molecule has 2 fully saturated rings. The lowest BCUT2D eigenvalue weighted by molar-refractivity contribution is -0.123. The van der Waals surface area contributed by atoms with Crippen molar-refractivity contribution in [3.63, 3.8) is 0 Å². The topological polar surface area (TPSA) is 38.8 Å². The Bertz CT molecular complexity index is 653. The number of rotatable bonds is 6. The smallest absolute Gasteiger partial charge is 0.266 e. The van der Waals surface area contributed by atoms with Crippen molar-refractivity contribution < 1.29 is 14.3 Å². The zero-order chi connectivity index (χ0) is 16.9. The molecule has 0 bridgehead atoms. The van der Waals surface area contributed by atoms with Gasteiger partial charge in [-0.15, -0.1) is 0 Å². The lowest BCUT2D eigenvalue weighted by Crippen LogP contribution is -2.35. The number of carbonyl (C=O) groups excluding carboxylic acids is 1. The molecule has 1 atom stereocenters. The zero-order valence-corrected chi connectivity index (χ0v) is 15.3. The van der Waals surface area contributed by atoms with Crippen LogP contribution in [-0.4, -0.2) is 41.0 Å². The fourth-order valence-corrected chi connectivity index (χ4v) is 4.00. The Morgan fingerprint density at radius 1 is 1.46 bits per heavy atom. The third kappa shape index (κ3) is 3.99. The molecule has 2 aliphatic heterocycles. The van der Waals surface area contributed by atoms with Gasteiger partial charge in [0.05, 0.1) is 24.2 Å². The summed E-state index contributed by atoms with van der Waals surface area (Å²) in [4.78, 5) is 15.0. The van der Waals surface area contributed by atoms with Crippen LogP contribution < -0.4 is 4.74 Å². The summed E-state index contributed by atoms with van der Waals surface area (Å²) >= 11 is 6.74. The van der Waals surface area contributed by atoms with E-state index >= 15 is 0 Å². The van der Waals surface area contributed by atoms with Crippen LogP contribution in [0.15, 0.2) is 29.2 Å². The maximum atomic E-state index is 12.7. The zero-order valence-electron chi connectivity index (χ0n) is 13.7. The number of para-hydroxylation sites is 1. The van der Waals surface area contributed by atoms with Crippen molar-refractivity contribution in [2.24, 2.45) is 0 Å². The number of thiocarbonyl (C=S) groups is 1. The van der Waals surface area contributed by atoms with Gasteiger partial charge in [0.15, 0.2) is 0 Å². The van der Waals surface area contributed by atoms with Crippen LogP contribution in [0.1, 0.15) is 31.7 Å². The van der Waals surface area contributed by atoms with Gasteiger partial charge < -0.3 is 9.47 Å². The summed E-state index contributed by atoms with van der Waals surface area (Å²) in [7, 11) is 0. The van der Waals surface area contributed by atoms with E-state index in [9.17, 15) is 4.79 Å². The first-order chi connectivity index (χ1) is 11.7. The van der Waals surface area contributed by atoms with Crippen molar-refractivity contribution in [3.05, 3.63) is 34.7 Å². The Morgan fingerprint density at radius 2 is 2.29 bits per heavy atom. The summed E-state index contributed by atoms with van der Waals surface area (Å²) in [6.45, 7) is 4.05. The van der Waals surface area contributed by atoms with Crippen LogP contribution in [0.3, 0.4) is 0 Å². The highest BCUT2D eigenvalue weighted by atomic mass is 32.2. The molecule has 1 amide bonds. The molecular weight excluding hydrogens is 342 g/mol. The van der Waals surface area contributed by atoms with E-state index in [-0.39, 0.29) is 12.0 Å². The predicted octanol–water partition coefficient (Wildman–Crippen LogP) is 3.86. The van der Waals surface area contributed by atoms with Crippen molar-refractivity contribution in [1.82, 2.24) is 4.90 Å². The summed E-state index contributed by atoms with van der Waals surface area (Å²) in [5, 5.41) is 0. The van der Waals surface area contributed by atoms with Crippen LogP contribution in [0.4, 0.5) is 0 Å². The number of ether oxygens (including phenoxy) is 2. The van der Waals surface area contributed by atoms with Crippen molar-refractivity contribution in [1.29, 1.82) is 0 Å². The first kappa shape index (κ1) is 17.5. The number of nitrogens with zero attached hydrogens (tertiary/aromatic N) is 1. The van der Waals surface area contributed by atoms with E-state index in [0.29, 0.717) is 22.4 Å². The fraction of sp³-hybridized carbons (Fsp3) is 0.444. The van der Waals surface area contributed by atoms with Gasteiger partial charge in [0, 0.05) is 12.2 Å². The first-order valence-electron chi connectivity index (χ1n) is 8.28. The summed E-state index contributed by atoms with van der Waals surface area (Å²) in [5.74, 6) is 0.759. The number of benzene rings is 1. The third-order valence-electron chi connectivity index (χ3n) is 3.95. The maximum absolute atomic E-state index is 12.7. The molecule has 0 spiro atoms. The Kier molecular flexibility index (Phi) is 5.92. The molecule has 2 heterocycles. The predicted molar refractivity (Wildman–Crippen MR) is 101 cm³/mol. The minimum atomic E-state index is -0.0363. The molecule has 0 saturated carbocycles. The molecule has 1 aromatic carbocycles. The minimum absolute atomic E-state index is 0.0363. The lowest BCUT2D eigenvalue weighted by Gasteiger charge is -2.18. The average Bonchev–Trinajstić information content (AvgIpc) is 3.18. The molecule has 0 N–H and O–H groups in total. The number of hydrogen-bond donors (Lipinski definition) is 0. The highest BCUT2D eigenvalue weighted by Gasteiger charge is 2.34. The standard InChI is InChI=1S/C18H21NO3S2/c1-2-9-22-15-8-4-3-6-13(15)11-16-17(20)19(18(23)24-16)12-14-7-5-10-21-14/h3-4,6,8,11,14H,2,5,7,9-10,12H2,1H3/b16-11-. The van der Waals surface area contributed by atoms with Crippen LogP contribution in [0, 0.1) is 0 Å². The van der Waals surface area contributed by atoms with E-state index in [0.717, 1.165) is 37.2 Å². The second-order valence-corrected chi connectivity index (χ2v) is 7.49. The highest BCUT2D eigenvalue weighted by Crippen LogP contribution is 2.35. The van der Waals surface area contributed by atoms with Gasteiger partial charge in [0.1, 0.15) is 10.1 Å². The van der Waals surface area contributed by atoms with Crippen molar-refractivity contribution in [2.75, 3.05) is 19.8 Å². The molecule has 6 heteroatoms. The summed E-state index contributed by atoms with van der Waals surface area (Å²) in [6.07, 6.45) is 4.96. The van der Waals surface area contributed by atoms with Crippen LogP contribution in [0.5, 0.6) is 5.75 Å². The van der Waals surface area contributed by atoms with Crippen LogP contribution in [0.25, 0.3) is 6.08 Å². The molecular formula is C18H21NO3S2. The summed E-state index contributed by atoms with van der Waals surface area (Å²) < 4.78 is 12.0. The Balaban J connectivity index is 1.76. The molecule has 3 rings (SSSR count). The molecule has 0 radical (unpaired) electrons. The average molecular weight is 364 g/mol. The summed E-state index contributed by atoms with van der Waals surface area (Å²) in [5.41, 5.74) is 0.906. The fourth-order valence-electron chi connectivity index (χ4n) is 2.73. The first-order valence-corrected chi connectivity index (χ1v) is 9.50. The number of carbonyl (C=O) groups is 1. The van der Waals surface area contributed by atoms with Crippen LogP contribution in [0.2, 0.25) is 0 Å². The number of amides is 1. The van der Waals surface area contributed by atoms with E-state index in [1.807, 2.05) is 30.3 Å². The van der Waals surface area contributed by atoms with Gasteiger partial charge >= 0.3 is 0 Å². The second kappa shape index (κ2) is 8.14. The van der Waals surface area contributed by atoms with Crippen LogP contribution in [-0.2, 0) is 9.53 Å². The second-order valence-electron chi connectivity index (χ2n) is 5.81. The van der Waals surface area contributed by atoms with Crippen molar-refractivity contribution >= 4 is 40.3 Å². The van der Waals surface area contributed by atoms with Gasteiger partial charge in [-0.3, -0.25) is 9.69 Å². The third-order valence-corrected chi connectivity index (χ3v) is 5.33. The van der Waals surface area contributed by atoms with Gasteiger partial charge in [0.25, 0.3) is 5.91 Å². The Hall–Kier alpha value is -1.37. The molecule has 0 aliphatic carbocycles. The molecule has 128 valence electrons. The van der Waals surface area contributed by atoms with Gasteiger partial charge in [-0.1, -0.05) is 49.1 Å². The number of hydrogen-bond acceptors (Lipinski definition) is 5. The van der Waals surface area contributed by atoms with E-state index in [2.05, 4.69) is 6.92 Å². The van der Waals surface area contributed by atoms with E-state index in [1.54, 1.807) is 4.90 Å².